The van der Waals surface area contributed by atoms with Crippen LogP contribution in [0.1, 0.15) is 18.9 Å². The first-order valence-electron chi connectivity index (χ1n) is 11.1. The van der Waals surface area contributed by atoms with Gasteiger partial charge in [0.1, 0.15) is 6.61 Å². The lowest BCUT2D eigenvalue weighted by atomic mass is 10.0. The summed E-state index contributed by atoms with van der Waals surface area (Å²) in [4.78, 5) is 40.4. The number of H-pyrrole nitrogens is 1. The summed E-state index contributed by atoms with van der Waals surface area (Å²) in [6, 6.07) is 3.86. The first-order valence-corrected chi connectivity index (χ1v) is 11.1. The number of fused-ring (bicyclic) bond motifs is 4. The van der Waals surface area contributed by atoms with Gasteiger partial charge in [-0.25, -0.2) is 9.78 Å². The van der Waals surface area contributed by atoms with Crippen molar-refractivity contribution in [2.75, 3.05) is 19.7 Å². The van der Waals surface area contributed by atoms with Crippen LogP contribution in [0, 0.1) is 0 Å². The van der Waals surface area contributed by atoms with Gasteiger partial charge in [0.15, 0.2) is 5.65 Å². The van der Waals surface area contributed by atoms with E-state index in [0.29, 0.717) is 37.1 Å². The number of aromatic nitrogens is 7. The molecule has 0 bridgehead atoms. The molecule has 0 spiro atoms. The molecule has 5 aromatic heterocycles. The van der Waals surface area contributed by atoms with Gasteiger partial charge in [0.2, 0.25) is 5.91 Å². The molecule has 0 aromatic carbocycles. The molecule has 0 aliphatic carbocycles. The number of rotatable bonds is 3. The van der Waals surface area contributed by atoms with Crippen molar-refractivity contribution >= 4 is 38.9 Å². The van der Waals surface area contributed by atoms with Crippen LogP contribution in [0.2, 0.25) is 0 Å². The standard InChI is InChI=1S/C23H22N8O3/c1-29-19-11-25-18-10-24-17(13-6-14-9-27-28-22(14)26-8-13)7-16(18)21(19)31(23(29)34)15-2-4-30(5-3-15)20(33)12-32/h6-11,15,32H,2-5,12H2,1H3,(H,26,27,28). The van der Waals surface area contributed by atoms with Crippen molar-refractivity contribution in [1.29, 1.82) is 0 Å². The number of nitrogens with one attached hydrogen (secondary N) is 1. The Hall–Kier alpha value is -4.12. The molecule has 1 saturated heterocycles. The van der Waals surface area contributed by atoms with E-state index in [0.717, 1.165) is 33.1 Å². The third-order valence-corrected chi connectivity index (χ3v) is 6.71. The van der Waals surface area contributed by atoms with Crippen molar-refractivity contribution in [3.63, 3.8) is 0 Å². The Bertz CT molecular complexity index is 1620. The molecule has 0 atom stereocenters. The van der Waals surface area contributed by atoms with Gasteiger partial charge < -0.3 is 10.0 Å². The zero-order valence-electron chi connectivity index (χ0n) is 18.5. The second kappa shape index (κ2) is 7.73. The summed E-state index contributed by atoms with van der Waals surface area (Å²) >= 11 is 0. The molecular weight excluding hydrogens is 436 g/mol. The number of piperidine rings is 1. The number of aliphatic hydroxyl groups excluding tert-OH is 1. The van der Waals surface area contributed by atoms with Gasteiger partial charge in [0.05, 0.1) is 40.8 Å². The van der Waals surface area contributed by atoms with Gasteiger partial charge >= 0.3 is 5.69 Å². The Kier molecular flexibility index (Phi) is 4.66. The first-order chi connectivity index (χ1) is 16.5. The number of aryl methyl sites for hydroxylation is 1. The van der Waals surface area contributed by atoms with E-state index in [1.165, 1.54) is 0 Å². The van der Waals surface area contributed by atoms with Crippen LogP contribution in [0.4, 0.5) is 0 Å². The number of hydrogen-bond donors (Lipinski definition) is 2. The van der Waals surface area contributed by atoms with E-state index < -0.39 is 6.61 Å². The number of nitrogens with zero attached hydrogens (tertiary/aromatic N) is 7. The molecule has 1 aliphatic rings. The van der Waals surface area contributed by atoms with E-state index in [-0.39, 0.29) is 17.6 Å². The fourth-order valence-electron chi connectivity index (χ4n) is 4.88. The predicted molar refractivity (Wildman–Crippen MR) is 125 cm³/mol. The van der Waals surface area contributed by atoms with Crippen LogP contribution < -0.4 is 5.69 Å². The fraction of sp³-hybridized carbons (Fsp3) is 0.304. The molecule has 0 unspecified atom stereocenters. The maximum absolute atomic E-state index is 13.3. The highest BCUT2D eigenvalue weighted by Gasteiger charge is 2.27. The number of aromatic amines is 1. The molecule has 5 aromatic rings. The van der Waals surface area contributed by atoms with Crippen LogP contribution in [-0.2, 0) is 11.8 Å². The molecule has 6 rings (SSSR count). The monoisotopic (exact) mass is 458 g/mol. The highest BCUT2D eigenvalue weighted by molar-refractivity contribution is 6.03. The summed E-state index contributed by atoms with van der Waals surface area (Å²) in [5, 5.41) is 17.8. The topological polar surface area (TPSA) is 135 Å². The van der Waals surface area contributed by atoms with E-state index >= 15 is 0 Å². The third kappa shape index (κ3) is 3.08. The number of aliphatic hydroxyl groups is 1. The van der Waals surface area contributed by atoms with Gasteiger partial charge in [-0.3, -0.25) is 29.0 Å². The number of imidazole rings is 1. The minimum absolute atomic E-state index is 0.0647. The number of likely N-dealkylation sites (tertiary alicyclic amines) is 1. The molecule has 0 saturated carbocycles. The van der Waals surface area contributed by atoms with Crippen molar-refractivity contribution in [2.45, 2.75) is 18.9 Å². The van der Waals surface area contributed by atoms with Crippen molar-refractivity contribution < 1.29 is 9.90 Å². The molecule has 34 heavy (non-hydrogen) atoms. The van der Waals surface area contributed by atoms with Gasteiger partial charge in [0, 0.05) is 48.7 Å². The van der Waals surface area contributed by atoms with Crippen LogP contribution in [0.15, 0.2) is 41.7 Å². The number of carbonyl (C=O) groups excluding carboxylic acids is 1. The molecule has 6 heterocycles. The van der Waals surface area contributed by atoms with Gasteiger partial charge in [0.25, 0.3) is 0 Å². The Morgan fingerprint density at radius 1 is 1.12 bits per heavy atom. The normalized spacial score (nSPS) is 15.1. The Balaban J connectivity index is 1.50. The van der Waals surface area contributed by atoms with Gasteiger partial charge in [-0.05, 0) is 25.0 Å². The quantitative estimate of drug-likeness (QED) is 0.417. The van der Waals surface area contributed by atoms with Crippen molar-refractivity contribution in [3.8, 4) is 11.3 Å². The van der Waals surface area contributed by atoms with Crippen LogP contribution >= 0.6 is 0 Å². The summed E-state index contributed by atoms with van der Waals surface area (Å²) in [5.41, 5.74) is 4.41. The average Bonchev–Trinajstić information content (AvgIpc) is 3.45. The van der Waals surface area contributed by atoms with Gasteiger partial charge in [-0.15, -0.1) is 0 Å². The van der Waals surface area contributed by atoms with Crippen LogP contribution in [-0.4, -0.2) is 69.9 Å². The highest BCUT2D eigenvalue weighted by atomic mass is 16.3. The number of amides is 1. The lowest BCUT2D eigenvalue weighted by Gasteiger charge is -2.32. The summed E-state index contributed by atoms with van der Waals surface area (Å²) in [6.45, 7) is 0.503. The Labute approximate surface area is 192 Å². The highest BCUT2D eigenvalue weighted by Crippen LogP contribution is 2.31. The zero-order valence-corrected chi connectivity index (χ0v) is 18.5. The van der Waals surface area contributed by atoms with E-state index in [1.807, 2.05) is 16.7 Å². The van der Waals surface area contributed by atoms with E-state index in [9.17, 15) is 14.7 Å². The molecule has 1 fully saturated rings. The molecule has 1 aliphatic heterocycles. The van der Waals surface area contributed by atoms with Crippen LogP contribution in [0.25, 0.3) is 44.2 Å². The smallest absolute Gasteiger partial charge is 0.329 e. The third-order valence-electron chi connectivity index (χ3n) is 6.71. The van der Waals surface area contributed by atoms with E-state index in [1.54, 1.807) is 41.3 Å². The van der Waals surface area contributed by atoms with E-state index in [4.69, 9.17) is 0 Å². The van der Waals surface area contributed by atoms with Crippen molar-refractivity contribution in [3.05, 3.63) is 47.4 Å². The molecule has 2 N–H and O–H groups in total. The largest absolute Gasteiger partial charge is 0.387 e. The SMILES string of the molecule is Cn1c(=O)n(C2CCN(C(=O)CO)CC2)c2c3cc(-c4cnc5[nH]ncc5c4)ncc3ncc21. The number of carbonyl (C=O) groups is 1. The average molecular weight is 458 g/mol. The second-order valence-electron chi connectivity index (χ2n) is 8.59. The number of hydrogen-bond acceptors (Lipinski definition) is 7. The number of pyridine rings is 3. The molecular formula is C23H22N8O3. The summed E-state index contributed by atoms with van der Waals surface area (Å²) < 4.78 is 3.45. The lowest BCUT2D eigenvalue weighted by molar-refractivity contribution is -0.135. The lowest BCUT2D eigenvalue weighted by Crippen LogP contribution is -2.42. The van der Waals surface area contributed by atoms with Crippen molar-refractivity contribution in [1.82, 2.24) is 39.2 Å². The second-order valence-corrected chi connectivity index (χ2v) is 8.59. The first kappa shape index (κ1) is 20.5. The molecule has 1 amide bonds. The van der Waals surface area contributed by atoms with E-state index in [2.05, 4.69) is 25.1 Å². The maximum Gasteiger partial charge on any atom is 0.329 e. The Morgan fingerprint density at radius 2 is 1.94 bits per heavy atom. The van der Waals surface area contributed by atoms with Gasteiger partial charge in [-0.1, -0.05) is 0 Å². The maximum atomic E-state index is 13.3. The minimum atomic E-state index is -0.496. The van der Waals surface area contributed by atoms with Gasteiger partial charge in [-0.2, -0.15) is 5.10 Å². The molecule has 11 heteroatoms. The predicted octanol–water partition coefficient (Wildman–Crippen LogP) is 1.38. The molecule has 172 valence electrons. The van der Waals surface area contributed by atoms with Crippen LogP contribution in [0.5, 0.6) is 0 Å². The molecule has 11 nitrogen and oxygen atoms in total. The zero-order chi connectivity index (χ0) is 23.4. The minimum Gasteiger partial charge on any atom is -0.387 e. The molecule has 0 radical (unpaired) electrons. The summed E-state index contributed by atoms with van der Waals surface area (Å²) in [5.74, 6) is -0.280. The van der Waals surface area contributed by atoms with Crippen LogP contribution in [0.3, 0.4) is 0 Å². The summed E-state index contributed by atoms with van der Waals surface area (Å²) in [6.07, 6.45) is 8.15. The summed E-state index contributed by atoms with van der Waals surface area (Å²) in [7, 11) is 1.75. The van der Waals surface area contributed by atoms with Crippen molar-refractivity contribution in [2.24, 2.45) is 7.05 Å². The Morgan fingerprint density at radius 3 is 2.74 bits per heavy atom. The fourth-order valence-corrected chi connectivity index (χ4v) is 4.88.